The van der Waals surface area contributed by atoms with Gasteiger partial charge < -0.3 is 10.5 Å². The first-order valence-corrected chi connectivity index (χ1v) is 5.92. The highest BCUT2D eigenvalue weighted by atomic mass is 79.9. The number of methoxy groups -OCH3 is 1. The van der Waals surface area contributed by atoms with Crippen LogP contribution in [0, 0.1) is 5.92 Å². The van der Waals surface area contributed by atoms with Crippen LogP contribution in [0.3, 0.4) is 0 Å². The summed E-state index contributed by atoms with van der Waals surface area (Å²) in [6.45, 7) is 3.57. The number of halogens is 1. The van der Waals surface area contributed by atoms with Crippen molar-refractivity contribution in [3.63, 3.8) is 0 Å². The van der Waals surface area contributed by atoms with Gasteiger partial charge in [0.25, 0.3) is 0 Å². The fourth-order valence-electron chi connectivity index (χ4n) is 1.81. The summed E-state index contributed by atoms with van der Waals surface area (Å²) >= 11 is 3.48. The highest BCUT2D eigenvalue weighted by Gasteiger charge is 2.17. The number of hydrogen-bond acceptors (Lipinski definition) is 2. The van der Waals surface area contributed by atoms with Crippen molar-refractivity contribution in [2.75, 3.05) is 20.3 Å². The molecule has 2 nitrogen and oxygen atoms in total. The molecule has 15 heavy (non-hydrogen) atoms. The minimum atomic E-state index is 0.363. The Morgan fingerprint density at radius 3 is 2.73 bits per heavy atom. The van der Waals surface area contributed by atoms with Gasteiger partial charge in [-0.3, -0.25) is 0 Å². The topological polar surface area (TPSA) is 35.2 Å². The van der Waals surface area contributed by atoms with Crippen LogP contribution in [0.4, 0.5) is 0 Å². The van der Waals surface area contributed by atoms with Crippen molar-refractivity contribution in [2.24, 2.45) is 11.7 Å². The quantitative estimate of drug-likeness (QED) is 0.894. The number of hydrogen-bond donors (Lipinski definition) is 1. The van der Waals surface area contributed by atoms with Crippen molar-refractivity contribution in [1.29, 1.82) is 0 Å². The molecule has 2 N–H and O–H groups in total. The number of rotatable bonds is 5. The molecule has 0 radical (unpaired) electrons. The molecule has 0 fully saturated rings. The third kappa shape index (κ3) is 3.59. The van der Waals surface area contributed by atoms with E-state index in [1.54, 1.807) is 7.11 Å². The number of ether oxygens (including phenoxy) is 1. The van der Waals surface area contributed by atoms with Crippen LogP contribution in [0.1, 0.15) is 18.4 Å². The zero-order valence-corrected chi connectivity index (χ0v) is 10.8. The van der Waals surface area contributed by atoms with E-state index >= 15 is 0 Å². The molecular weight excluding hydrogens is 254 g/mol. The molecule has 0 aliphatic heterocycles. The second-order valence-electron chi connectivity index (χ2n) is 3.83. The van der Waals surface area contributed by atoms with E-state index in [1.807, 2.05) is 12.1 Å². The van der Waals surface area contributed by atoms with Crippen molar-refractivity contribution in [3.05, 3.63) is 34.3 Å². The molecule has 3 heteroatoms. The molecule has 0 heterocycles. The molecule has 1 aromatic rings. The van der Waals surface area contributed by atoms with E-state index in [2.05, 4.69) is 35.0 Å². The largest absolute Gasteiger partial charge is 0.384 e. The highest BCUT2D eigenvalue weighted by Crippen LogP contribution is 2.26. The summed E-state index contributed by atoms with van der Waals surface area (Å²) in [6.07, 6.45) is 0. The average molecular weight is 272 g/mol. The van der Waals surface area contributed by atoms with E-state index in [1.165, 1.54) is 5.56 Å². The molecule has 0 spiro atoms. The minimum Gasteiger partial charge on any atom is -0.384 e. The Balaban J connectivity index is 2.82. The molecule has 0 aliphatic rings. The average Bonchev–Trinajstić information content (AvgIpc) is 2.19. The molecule has 1 aromatic carbocycles. The van der Waals surface area contributed by atoms with E-state index in [0.717, 1.165) is 11.1 Å². The van der Waals surface area contributed by atoms with Crippen molar-refractivity contribution in [1.82, 2.24) is 0 Å². The molecule has 0 aromatic heterocycles. The van der Waals surface area contributed by atoms with Crippen LogP contribution in [0.15, 0.2) is 28.7 Å². The monoisotopic (exact) mass is 271 g/mol. The Morgan fingerprint density at radius 2 is 2.20 bits per heavy atom. The van der Waals surface area contributed by atoms with Crippen LogP contribution in [0.5, 0.6) is 0 Å². The van der Waals surface area contributed by atoms with Gasteiger partial charge in [0.2, 0.25) is 0 Å². The minimum absolute atomic E-state index is 0.363. The van der Waals surface area contributed by atoms with Crippen molar-refractivity contribution >= 4 is 15.9 Å². The van der Waals surface area contributed by atoms with Crippen LogP contribution in [-0.4, -0.2) is 20.3 Å². The lowest BCUT2D eigenvalue weighted by atomic mass is 9.88. The first-order chi connectivity index (χ1) is 7.19. The second kappa shape index (κ2) is 6.26. The van der Waals surface area contributed by atoms with Gasteiger partial charge in [-0.1, -0.05) is 35.0 Å². The van der Waals surface area contributed by atoms with Crippen molar-refractivity contribution in [2.45, 2.75) is 12.8 Å². The molecule has 0 amide bonds. The van der Waals surface area contributed by atoms with Gasteiger partial charge in [-0.25, -0.2) is 0 Å². The van der Waals surface area contributed by atoms with E-state index in [-0.39, 0.29) is 0 Å². The van der Waals surface area contributed by atoms with Gasteiger partial charge in [-0.15, -0.1) is 0 Å². The molecule has 0 bridgehead atoms. The molecular formula is C12H18BrNO. The maximum Gasteiger partial charge on any atom is 0.0494 e. The third-order valence-electron chi connectivity index (χ3n) is 2.65. The molecule has 1 rings (SSSR count). The van der Waals surface area contributed by atoms with Gasteiger partial charge in [0, 0.05) is 24.1 Å². The fourth-order valence-corrected chi connectivity index (χ4v) is 2.23. The van der Waals surface area contributed by atoms with Gasteiger partial charge in [-0.2, -0.15) is 0 Å². The summed E-state index contributed by atoms with van der Waals surface area (Å²) in [4.78, 5) is 0. The molecule has 0 saturated carbocycles. The SMILES string of the molecule is COCC(C)C(CN)c1cccc(Br)c1. The summed E-state index contributed by atoms with van der Waals surface area (Å²) in [5.74, 6) is 0.803. The lowest BCUT2D eigenvalue weighted by Gasteiger charge is -2.22. The summed E-state index contributed by atoms with van der Waals surface area (Å²) in [7, 11) is 1.73. The van der Waals surface area contributed by atoms with Crippen molar-refractivity contribution in [3.8, 4) is 0 Å². The van der Waals surface area contributed by atoms with Crippen LogP contribution < -0.4 is 5.73 Å². The van der Waals surface area contributed by atoms with Gasteiger partial charge in [-0.05, 0) is 30.2 Å². The van der Waals surface area contributed by atoms with E-state index in [9.17, 15) is 0 Å². The Bertz CT molecular complexity index is 303. The third-order valence-corrected chi connectivity index (χ3v) is 3.14. The summed E-state index contributed by atoms with van der Waals surface area (Å²) in [5, 5.41) is 0. The molecule has 2 atom stereocenters. The van der Waals surface area contributed by atoms with E-state index in [0.29, 0.717) is 18.4 Å². The normalized spacial score (nSPS) is 14.9. The first kappa shape index (κ1) is 12.7. The summed E-state index contributed by atoms with van der Waals surface area (Å²) in [6, 6.07) is 8.32. The second-order valence-corrected chi connectivity index (χ2v) is 4.75. The molecule has 84 valence electrons. The Morgan fingerprint density at radius 1 is 1.47 bits per heavy atom. The lowest BCUT2D eigenvalue weighted by molar-refractivity contribution is 0.147. The standard InChI is InChI=1S/C12H18BrNO/c1-9(8-15-2)12(7-14)10-4-3-5-11(13)6-10/h3-6,9,12H,7-8,14H2,1-2H3. The highest BCUT2D eigenvalue weighted by molar-refractivity contribution is 9.10. The smallest absolute Gasteiger partial charge is 0.0494 e. The zero-order valence-electron chi connectivity index (χ0n) is 9.24. The van der Waals surface area contributed by atoms with Crippen LogP contribution in [0.25, 0.3) is 0 Å². The Hall–Kier alpha value is -0.380. The molecule has 0 aliphatic carbocycles. The fraction of sp³-hybridized carbons (Fsp3) is 0.500. The van der Waals surface area contributed by atoms with Crippen molar-refractivity contribution < 1.29 is 4.74 Å². The van der Waals surface area contributed by atoms with E-state index < -0.39 is 0 Å². The maximum absolute atomic E-state index is 5.82. The predicted octanol–water partition coefficient (Wildman–Crippen LogP) is 2.77. The van der Waals surface area contributed by atoms with Crippen LogP contribution >= 0.6 is 15.9 Å². The number of nitrogens with two attached hydrogens (primary N) is 1. The Kier molecular flexibility index (Phi) is 5.29. The van der Waals surface area contributed by atoms with E-state index in [4.69, 9.17) is 10.5 Å². The maximum atomic E-state index is 5.82. The summed E-state index contributed by atoms with van der Waals surface area (Å²) in [5.41, 5.74) is 7.09. The zero-order chi connectivity index (χ0) is 11.3. The van der Waals surface area contributed by atoms with Crippen LogP contribution in [0.2, 0.25) is 0 Å². The van der Waals surface area contributed by atoms with Gasteiger partial charge in [0.1, 0.15) is 0 Å². The van der Waals surface area contributed by atoms with Crippen LogP contribution in [-0.2, 0) is 4.74 Å². The number of benzene rings is 1. The lowest BCUT2D eigenvalue weighted by Crippen LogP contribution is -2.22. The molecule has 0 saturated heterocycles. The van der Waals surface area contributed by atoms with Gasteiger partial charge in [0.05, 0.1) is 0 Å². The summed E-state index contributed by atoms with van der Waals surface area (Å²) < 4.78 is 6.27. The predicted molar refractivity (Wildman–Crippen MR) is 67.0 cm³/mol. The van der Waals surface area contributed by atoms with Gasteiger partial charge >= 0.3 is 0 Å². The Labute approximate surface area is 99.9 Å². The molecule has 2 unspecified atom stereocenters. The first-order valence-electron chi connectivity index (χ1n) is 5.13. The van der Waals surface area contributed by atoms with Gasteiger partial charge in [0.15, 0.2) is 0 Å².